The molecule has 6 nitrogen and oxygen atoms in total. The van der Waals surface area contributed by atoms with Gasteiger partial charge >= 0.3 is 0 Å². The zero-order valence-electron chi connectivity index (χ0n) is 19.1. The van der Waals surface area contributed by atoms with Gasteiger partial charge in [-0.3, -0.25) is 4.57 Å². The highest BCUT2D eigenvalue weighted by molar-refractivity contribution is 7.89. The Morgan fingerprint density at radius 2 is 1.32 bits per heavy atom. The lowest BCUT2D eigenvalue weighted by Crippen LogP contribution is -2.30. The minimum absolute atomic E-state index is 0.153. The number of benzene rings is 3. The van der Waals surface area contributed by atoms with Crippen molar-refractivity contribution in [3.05, 3.63) is 108 Å². The Hall–Kier alpha value is -3.12. The Kier molecular flexibility index (Phi) is 7.08. The highest BCUT2D eigenvalue weighted by Gasteiger charge is 2.28. The van der Waals surface area contributed by atoms with Crippen molar-refractivity contribution in [2.24, 2.45) is 0 Å². The molecule has 1 aliphatic heterocycles. The van der Waals surface area contributed by atoms with Crippen LogP contribution < -0.4 is 5.09 Å². The van der Waals surface area contributed by atoms with Crippen LogP contribution >= 0.6 is 7.29 Å². The summed E-state index contributed by atoms with van der Waals surface area (Å²) < 4.78 is 47.6. The molecule has 3 aromatic rings. The molecule has 0 aliphatic carbocycles. The average molecular weight is 495 g/mol. The van der Waals surface area contributed by atoms with Gasteiger partial charge < -0.3 is 9.82 Å². The monoisotopic (exact) mass is 494 g/mol. The molecule has 3 aromatic carbocycles. The third-order valence-corrected chi connectivity index (χ3v) is 9.33. The maximum absolute atomic E-state index is 14.1. The molecule has 0 unspecified atom stereocenters. The van der Waals surface area contributed by atoms with Crippen LogP contribution in [0.4, 0.5) is 5.69 Å². The van der Waals surface area contributed by atoms with Gasteiger partial charge in [0.1, 0.15) is 11.5 Å². The SMILES string of the molecule is CCN(CC)S(=O)(=O)c1cccc(NP2(=O)C=C(c3ccccc3)OC(c3ccccc3)=C2)c1. The summed E-state index contributed by atoms with van der Waals surface area (Å²) >= 11 is 0. The summed E-state index contributed by atoms with van der Waals surface area (Å²) in [5, 5.41) is 3.08. The third kappa shape index (κ3) is 5.17. The second-order valence-electron chi connectivity index (χ2n) is 7.76. The number of nitrogens with zero attached hydrogens (tertiary/aromatic N) is 1. The Bertz CT molecular complexity index is 1310. The number of rotatable bonds is 8. The van der Waals surface area contributed by atoms with E-state index < -0.39 is 17.3 Å². The van der Waals surface area contributed by atoms with E-state index in [9.17, 15) is 13.0 Å². The molecule has 0 saturated heterocycles. The number of hydrogen-bond donors (Lipinski definition) is 1. The van der Waals surface area contributed by atoms with E-state index in [0.717, 1.165) is 11.1 Å². The zero-order chi connectivity index (χ0) is 24.2. The zero-order valence-corrected chi connectivity index (χ0v) is 20.8. The largest absolute Gasteiger partial charge is 0.456 e. The Morgan fingerprint density at radius 1 is 0.794 bits per heavy atom. The van der Waals surface area contributed by atoms with Crippen molar-refractivity contribution < 1.29 is 17.7 Å². The van der Waals surface area contributed by atoms with E-state index in [0.29, 0.717) is 30.3 Å². The number of anilines is 1. The number of ether oxygens (including phenoxy) is 1. The van der Waals surface area contributed by atoms with E-state index in [2.05, 4.69) is 5.09 Å². The standard InChI is InChI=1S/C26H27N2O4PS/c1-3-28(4-2)34(30,31)24-17-11-16-23(18-24)27-33(29)19-25(21-12-7-5-8-13-21)32-26(20-33)22-14-9-6-10-15-22/h5-20H,3-4H2,1-2H3,(H,27,29). The fourth-order valence-corrected chi connectivity index (χ4v) is 7.08. The van der Waals surface area contributed by atoms with Crippen molar-refractivity contribution >= 4 is 34.5 Å². The quantitative estimate of drug-likeness (QED) is 0.365. The minimum atomic E-state index is -3.64. The first-order valence-electron chi connectivity index (χ1n) is 11.1. The smallest absolute Gasteiger partial charge is 0.243 e. The normalized spacial score (nSPS) is 15.3. The van der Waals surface area contributed by atoms with Crippen LogP contribution in [0, 0.1) is 0 Å². The Labute approximate surface area is 201 Å². The van der Waals surface area contributed by atoms with Gasteiger partial charge in [-0.2, -0.15) is 4.31 Å². The molecule has 34 heavy (non-hydrogen) atoms. The van der Waals surface area contributed by atoms with Crippen molar-refractivity contribution in [1.82, 2.24) is 4.31 Å². The lowest BCUT2D eigenvalue weighted by atomic mass is 10.2. The van der Waals surface area contributed by atoms with E-state index in [1.807, 2.05) is 60.7 Å². The molecule has 1 N–H and O–H groups in total. The van der Waals surface area contributed by atoms with Crippen LogP contribution in [0.15, 0.2) is 101 Å². The van der Waals surface area contributed by atoms with Crippen LogP contribution in [0.2, 0.25) is 0 Å². The van der Waals surface area contributed by atoms with Gasteiger partial charge in [-0.15, -0.1) is 0 Å². The minimum Gasteiger partial charge on any atom is -0.456 e. The van der Waals surface area contributed by atoms with Gasteiger partial charge in [0, 0.05) is 41.5 Å². The van der Waals surface area contributed by atoms with Crippen LogP contribution in [-0.4, -0.2) is 25.8 Å². The molecule has 0 fully saturated rings. The van der Waals surface area contributed by atoms with Gasteiger partial charge in [0.15, 0.2) is 0 Å². The van der Waals surface area contributed by atoms with Gasteiger partial charge in [0.05, 0.1) is 4.90 Å². The van der Waals surface area contributed by atoms with Crippen molar-refractivity contribution in [2.75, 3.05) is 18.2 Å². The fourth-order valence-electron chi connectivity index (χ4n) is 3.73. The van der Waals surface area contributed by atoms with Crippen molar-refractivity contribution in [2.45, 2.75) is 18.7 Å². The summed E-state index contributed by atoms with van der Waals surface area (Å²) in [6.45, 7) is 4.35. The predicted octanol–water partition coefficient (Wildman–Crippen LogP) is 6.43. The van der Waals surface area contributed by atoms with Crippen LogP contribution in [-0.2, 0) is 19.3 Å². The van der Waals surface area contributed by atoms with Gasteiger partial charge in [-0.1, -0.05) is 80.6 Å². The first kappa shape index (κ1) is 24.0. The molecule has 1 heterocycles. The summed E-state index contributed by atoms with van der Waals surface area (Å²) in [6, 6.07) is 25.4. The topological polar surface area (TPSA) is 75.7 Å². The van der Waals surface area contributed by atoms with E-state index in [4.69, 9.17) is 4.74 Å². The molecule has 0 spiro atoms. The molecular formula is C26H27N2O4PS. The van der Waals surface area contributed by atoms with Crippen molar-refractivity contribution in [1.29, 1.82) is 0 Å². The van der Waals surface area contributed by atoms with Gasteiger partial charge in [-0.05, 0) is 18.2 Å². The molecular weight excluding hydrogens is 467 g/mol. The van der Waals surface area contributed by atoms with E-state index in [-0.39, 0.29) is 4.90 Å². The Morgan fingerprint density at radius 3 is 1.82 bits per heavy atom. The van der Waals surface area contributed by atoms with Gasteiger partial charge in [-0.25, -0.2) is 8.42 Å². The third-order valence-electron chi connectivity index (χ3n) is 5.44. The van der Waals surface area contributed by atoms with Crippen LogP contribution in [0.3, 0.4) is 0 Å². The summed E-state index contributed by atoms with van der Waals surface area (Å²) in [6.07, 6.45) is 0. The summed E-state index contributed by atoms with van der Waals surface area (Å²) in [5.41, 5.74) is 2.04. The maximum atomic E-state index is 14.1. The average Bonchev–Trinajstić information content (AvgIpc) is 2.85. The summed E-state index contributed by atoms with van der Waals surface area (Å²) in [5.74, 6) is 4.12. The van der Waals surface area contributed by atoms with E-state index in [1.165, 1.54) is 10.4 Å². The first-order chi connectivity index (χ1) is 16.3. The fraction of sp³-hybridized carbons (Fsp3) is 0.154. The second-order valence-corrected chi connectivity index (χ2v) is 11.9. The molecule has 0 saturated carbocycles. The molecule has 4 rings (SSSR count). The molecule has 0 atom stereocenters. The molecule has 1 aliphatic rings. The number of sulfonamides is 1. The highest BCUT2D eigenvalue weighted by Crippen LogP contribution is 2.56. The molecule has 176 valence electrons. The molecule has 0 aromatic heterocycles. The summed E-state index contributed by atoms with van der Waals surface area (Å²) in [4.78, 5) is 0.153. The first-order valence-corrected chi connectivity index (χ1v) is 14.4. The van der Waals surface area contributed by atoms with E-state index in [1.54, 1.807) is 43.7 Å². The van der Waals surface area contributed by atoms with Crippen molar-refractivity contribution in [3.63, 3.8) is 0 Å². The summed E-state index contributed by atoms with van der Waals surface area (Å²) in [7, 11) is -6.94. The second kappa shape index (κ2) is 10.0. The van der Waals surface area contributed by atoms with Gasteiger partial charge in [0.2, 0.25) is 17.3 Å². The molecule has 8 heteroatoms. The van der Waals surface area contributed by atoms with Crippen LogP contribution in [0.1, 0.15) is 25.0 Å². The number of hydrogen-bond acceptors (Lipinski definition) is 4. The van der Waals surface area contributed by atoms with Gasteiger partial charge in [0.25, 0.3) is 0 Å². The molecule has 0 amide bonds. The lowest BCUT2D eigenvalue weighted by Gasteiger charge is -2.24. The number of nitrogens with one attached hydrogen (secondary N) is 1. The van der Waals surface area contributed by atoms with Crippen molar-refractivity contribution in [3.8, 4) is 0 Å². The predicted molar refractivity (Wildman–Crippen MR) is 138 cm³/mol. The maximum Gasteiger partial charge on any atom is 0.243 e. The lowest BCUT2D eigenvalue weighted by molar-refractivity contribution is 0.445. The Balaban J connectivity index is 1.74. The molecule has 0 bridgehead atoms. The van der Waals surface area contributed by atoms with E-state index >= 15 is 0 Å². The highest BCUT2D eigenvalue weighted by atomic mass is 32.2. The van der Waals surface area contributed by atoms with Crippen LogP contribution in [0.25, 0.3) is 11.5 Å². The van der Waals surface area contributed by atoms with Crippen LogP contribution in [0.5, 0.6) is 0 Å². The molecule has 0 radical (unpaired) electrons.